The van der Waals surface area contributed by atoms with Crippen LogP contribution in [0.4, 0.5) is 0 Å². The van der Waals surface area contributed by atoms with Crippen LogP contribution in [0, 0.1) is 0 Å². The molecule has 1 unspecified atom stereocenters. The average Bonchev–Trinajstić information content (AvgIpc) is 2.97. The summed E-state index contributed by atoms with van der Waals surface area (Å²) in [5, 5.41) is 10.4. The second kappa shape index (κ2) is 5.47. The summed E-state index contributed by atoms with van der Waals surface area (Å²) in [7, 11) is 1.40. The minimum atomic E-state index is -1.03. The zero-order valence-corrected chi connectivity index (χ0v) is 11.4. The van der Waals surface area contributed by atoms with Crippen molar-refractivity contribution in [2.45, 2.75) is 6.29 Å². The number of ether oxygens (including phenoxy) is 1. The van der Waals surface area contributed by atoms with Gasteiger partial charge in [0.15, 0.2) is 6.29 Å². The number of aliphatic hydroxyl groups excluding tert-OH is 1. The number of nitrogens with one attached hydrogen (secondary N) is 1. The van der Waals surface area contributed by atoms with E-state index in [1.165, 1.54) is 13.3 Å². The third-order valence-electron chi connectivity index (χ3n) is 3.36. The summed E-state index contributed by atoms with van der Waals surface area (Å²) in [6, 6.07) is 10.8. The van der Waals surface area contributed by atoms with Crippen molar-refractivity contribution < 1.29 is 14.6 Å². The Kier molecular flexibility index (Phi) is 3.51. The molecule has 3 rings (SSSR count). The summed E-state index contributed by atoms with van der Waals surface area (Å²) in [5.74, 6) is -0.161. The lowest BCUT2D eigenvalue weighted by Crippen LogP contribution is -2.06. The number of hydrogen-bond acceptors (Lipinski definition) is 4. The number of pyridine rings is 1. The van der Waals surface area contributed by atoms with Crippen LogP contribution < -0.4 is 0 Å². The van der Waals surface area contributed by atoms with E-state index in [2.05, 4.69) is 9.97 Å². The number of rotatable bonds is 4. The summed E-state index contributed by atoms with van der Waals surface area (Å²) < 4.78 is 4.79. The van der Waals surface area contributed by atoms with E-state index in [1.54, 1.807) is 18.3 Å². The summed E-state index contributed by atoms with van der Waals surface area (Å²) in [6.45, 7) is 0. The van der Waals surface area contributed by atoms with Gasteiger partial charge in [0.2, 0.25) is 5.78 Å². The maximum atomic E-state index is 12.5. The van der Waals surface area contributed by atoms with E-state index < -0.39 is 6.29 Å². The third-order valence-corrected chi connectivity index (χ3v) is 3.36. The Labute approximate surface area is 121 Å². The van der Waals surface area contributed by atoms with Gasteiger partial charge in [-0.15, -0.1) is 0 Å². The first kappa shape index (κ1) is 13.5. The van der Waals surface area contributed by atoms with Crippen LogP contribution in [0.1, 0.15) is 27.9 Å². The predicted molar refractivity (Wildman–Crippen MR) is 77.9 cm³/mol. The first-order valence-corrected chi connectivity index (χ1v) is 6.48. The fourth-order valence-corrected chi connectivity index (χ4v) is 2.22. The highest BCUT2D eigenvalue weighted by Gasteiger charge is 2.16. The number of benzene rings is 1. The van der Waals surface area contributed by atoms with Gasteiger partial charge in [-0.1, -0.05) is 24.3 Å². The fraction of sp³-hybridized carbons (Fsp3) is 0.125. The molecular weight excluding hydrogens is 268 g/mol. The van der Waals surface area contributed by atoms with Crippen LogP contribution in [0.15, 0.2) is 48.8 Å². The second-order valence-corrected chi connectivity index (χ2v) is 4.64. The van der Waals surface area contributed by atoms with Crippen molar-refractivity contribution in [1.29, 1.82) is 0 Å². The van der Waals surface area contributed by atoms with Crippen molar-refractivity contribution in [3.63, 3.8) is 0 Å². The Bertz CT molecular complexity index is 778. The molecule has 5 heteroatoms. The molecule has 0 spiro atoms. The van der Waals surface area contributed by atoms with Crippen LogP contribution >= 0.6 is 0 Å². The number of carbonyl (C=O) groups excluding carboxylic acids is 1. The van der Waals surface area contributed by atoms with E-state index >= 15 is 0 Å². The van der Waals surface area contributed by atoms with E-state index in [1.807, 2.05) is 24.3 Å². The smallest absolute Gasteiger partial charge is 0.213 e. The van der Waals surface area contributed by atoms with Gasteiger partial charge in [0.05, 0.1) is 0 Å². The van der Waals surface area contributed by atoms with Crippen molar-refractivity contribution in [3.05, 3.63) is 65.6 Å². The van der Waals surface area contributed by atoms with E-state index in [0.717, 1.165) is 10.9 Å². The minimum Gasteiger partial charge on any atom is -0.364 e. The average molecular weight is 282 g/mol. The highest BCUT2D eigenvalue weighted by molar-refractivity contribution is 6.15. The van der Waals surface area contributed by atoms with Crippen LogP contribution in [0.3, 0.4) is 0 Å². The maximum absolute atomic E-state index is 12.5. The van der Waals surface area contributed by atoms with Crippen LogP contribution in [-0.4, -0.2) is 28.0 Å². The van der Waals surface area contributed by atoms with Crippen molar-refractivity contribution in [2.24, 2.45) is 0 Å². The number of ketones is 1. The van der Waals surface area contributed by atoms with Gasteiger partial charge in [-0.2, -0.15) is 0 Å². The summed E-state index contributed by atoms with van der Waals surface area (Å²) in [6.07, 6.45) is 2.10. The molecular formula is C16H14N2O3. The van der Waals surface area contributed by atoms with Gasteiger partial charge in [-0.25, -0.2) is 0 Å². The van der Waals surface area contributed by atoms with Crippen LogP contribution in [-0.2, 0) is 4.74 Å². The molecule has 5 nitrogen and oxygen atoms in total. The Balaban J connectivity index is 1.95. The highest BCUT2D eigenvalue weighted by atomic mass is 16.6. The zero-order chi connectivity index (χ0) is 14.8. The molecule has 0 saturated heterocycles. The van der Waals surface area contributed by atoms with E-state index in [4.69, 9.17) is 4.74 Å². The largest absolute Gasteiger partial charge is 0.364 e. The van der Waals surface area contributed by atoms with Gasteiger partial charge in [-0.05, 0) is 12.1 Å². The molecule has 0 radical (unpaired) electrons. The molecule has 2 heterocycles. The SMILES string of the molecule is COC(O)c1ccc(C(=O)c2c[nH]c3ccccc23)nc1. The van der Waals surface area contributed by atoms with Gasteiger partial charge in [0.25, 0.3) is 0 Å². The van der Waals surface area contributed by atoms with Gasteiger partial charge in [0, 0.05) is 41.5 Å². The van der Waals surface area contributed by atoms with Crippen molar-refractivity contribution >= 4 is 16.7 Å². The Hall–Kier alpha value is -2.50. The number of carbonyl (C=O) groups is 1. The van der Waals surface area contributed by atoms with Crippen molar-refractivity contribution in [2.75, 3.05) is 7.11 Å². The van der Waals surface area contributed by atoms with Gasteiger partial charge in [-0.3, -0.25) is 9.78 Å². The molecule has 3 aromatic rings. The van der Waals surface area contributed by atoms with E-state index in [0.29, 0.717) is 16.8 Å². The minimum absolute atomic E-state index is 0.161. The van der Waals surface area contributed by atoms with Crippen molar-refractivity contribution in [3.8, 4) is 0 Å². The number of methoxy groups -OCH3 is 1. The lowest BCUT2D eigenvalue weighted by Gasteiger charge is -2.08. The lowest BCUT2D eigenvalue weighted by molar-refractivity contribution is -0.0771. The number of nitrogens with zero attached hydrogens (tertiary/aromatic N) is 1. The highest BCUT2D eigenvalue weighted by Crippen LogP contribution is 2.21. The quantitative estimate of drug-likeness (QED) is 0.569. The number of hydrogen-bond donors (Lipinski definition) is 2. The number of fused-ring (bicyclic) bond motifs is 1. The van der Waals surface area contributed by atoms with Gasteiger partial charge >= 0.3 is 0 Å². The molecule has 0 saturated carbocycles. The third kappa shape index (κ3) is 2.44. The summed E-state index contributed by atoms with van der Waals surface area (Å²) in [4.78, 5) is 19.7. The summed E-state index contributed by atoms with van der Waals surface area (Å²) >= 11 is 0. The van der Waals surface area contributed by atoms with Crippen LogP contribution in [0.2, 0.25) is 0 Å². The van der Waals surface area contributed by atoms with Crippen molar-refractivity contribution in [1.82, 2.24) is 9.97 Å². The number of aromatic amines is 1. The fourth-order valence-electron chi connectivity index (χ4n) is 2.22. The second-order valence-electron chi connectivity index (χ2n) is 4.64. The van der Waals surface area contributed by atoms with Gasteiger partial charge in [0.1, 0.15) is 5.69 Å². The number of H-pyrrole nitrogens is 1. The Morgan fingerprint density at radius 1 is 1.29 bits per heavy atom. The Morgan fingerprint density at radius 2 is 2.10 bits per heavy atom. The zero-order valence-electron chi connectivity index (χ0n) is 11.4. The van der Waals surface area contributed by atoms with Gasteiger partial charge < -0.3 is 14.8 Å². The number of aliphatic hydroxyl groups is 1. The maximum Gasteiger partial charge on any atom is 0.213 e. The molecule has 21 heavy (non-hydrogen) atoms. The standard InChI is InChI=1S/C16H14N2O3/c1-21-16(20)10-6-7-14(17-8-10)15(19)12-9-18-13-5-3-2-4-11(12)13/h2-9,16,18,20H,1H3. The molecule has 2 aromatic heterocycles. The molecule has 0 aliphatic carbocycles. The normalized spacial score (nSPS) is 12.5. The molecule has 1 aromatic carbocycles. The molecule has 0 amide bonds. The predicted octanol–water partition coefficient (Wildman–Crippen LogP) is 2.43. The topological polar surface area (TPSA) is 75.2 Å². The molecule has 0 fully saturated rings. The molecule has 0 aliphatic rings. The van der Waals surface area contributed by atoms with Crippen LogP contribution in [0.5, 0.6) is 0 Å². The number of aromatic nitrogens is 2. The first-order valence-electron chi connectivity index (χ1n) is 6.48. The first-order chi connectivity index (χ1) is 10.2. The molecule has 1 atom stereocenters. The van der Waals surface area contributed by atoms with E-state index in [9.17, 15) is 9.90 Å². The Morgan fingerprint density at radius 3 is 2.81 bits per heavy atom. The van der Waals surface area contributed by atoms with Crippen LogP contribution in [0.25, 0.3) is 10.9 Å². The lowest BCUT2D eigenvalue weighted by atomic mass is 10.1. The molecule has 0 aliphatic heterocycles. The summed E-state index contributed by atoms with van der Waals surface area (Å²) in [5.41, 5.74) is 2.32. The van der Waals surface area contributed by atoms with E-state index in [-0.39, 0.29) is 5.78 Å². The molecule has 0 bridgehead atoms. The number of para-hydroxylation sites is 1. The molecule has 2 N–H and O–H groups in total. The monoisotopic (exact) mass is 282 g/mol. The molecule has 106 valence electrons.